The molecule has 0 spiro atoms. The van der Waals surface area contributed by atoms with Crippen LogP contribution in [-0.4, -0.2) is 17.5 Å². The molecular formula is C11H16N4O3. The first-order valence-corrected chi connectivity index (χ1v) is 5.67. The Kier molecular flexibility index (Phi) is 5.43. The Morgan fingerprint density at radius 2 is 2.00 bits per heavy atom. The van der Waals surface area contributed by atoms with Crippen molar-refractivity contribution < 1.29 is 9.72 Å². The van der Waals surface area contributed by atoms with Crippen LogP contribution in [0.5, 0.6) is 0 Å². The summed E-state index contributed by atoms with van der Waals surface area (Å²) in [6.45, 7) is 2.65. The Bertz CT molecular complexity index is 405. The van der Waals surface area contributed by atoms with Crippen LogP contribution in [0.1, 0.15) is 19.8 Å². The van der Waals surface area contributed by atoms with Crippen molar-refractivity contribution in [3.05, 3.63) is 34.4 Å². The Morgan fingerprint density at radius 1 is 1.33 bits per heavy atom. The summed E-state index contributed by atoms with van der Waals surface area (Å²) < 4.78 is 0. The number of non-ortho nitro benzene ring substituents is 1. The molecule has 0 saturated carbocycles. The van der Waals surface area contributed by atoms with E-state index in [0.717, 1.165) is 12.8 Å². The van der Waals surface area contributed by atoms with Crippen LogP contribution in [0.4, 0.5) is 16.2 Å². The number of nitrogens with zero attached hydrogens (tertiary/aromatic N) is 1. The number of hydrazine groups is 1. The van der Waals surface area contributed by atoms with E-state index in [1.807, 2.05) is 6.92 Å². The number of anilines is 1. The predicted octanol–water partition coefficient (Wildman–Crippen LogP) is 2.02. The molecular weight excluding hydrogens is 236 g/mol. The zero-order chi connectivity index (χ0) is 13.4. The van der Waals surface area contributed by atoms with Crippen LogP contribution >= 0.6 is 0 Å². The fourth-order valence-electron chi connectivity index (χ4n) is 1.22. The minimum absolute atomic E-state index is 0.00736. The average Bonchev–Trinajstić information content (AvgIpc) is 2.37. The van der Waals surface area contributed by atoms with Crippen molar-refractivity contribution in [1.29, 1.82) is 0 Å². The average molecular weight is 252 g/mol. The lowest BCUT2D eigenvalue weighted by Gasteiger charge is -2.09. The van der Waals surface area contributed by atoms with Crippen molar-refractivity contribution in [1.82, 2.24) is 10.7 Å². The van der Waals surface area contributed by atoms with Crippen LogP contribution in [0.25, 0.3) is 0 Å². The minimum atomic E-state index is -0.478. The summed E-state index contributed by atoms with van der Waals surface area (Å²) in [5.41, 5.74) is 5.67. The minimum Gasteiger partial charge on any atom is -0.337 e. The van der Waals surface area contributed by atoms with Gasteiger partial charge in [0, 0.05) is 18.7 Å². The van der Waals surface area contributed by atoms with Gasteiger partial charge in [0.1, 0.15) is 0 Å². The van der Waals surface area contributed by atoms with E-state index in [0.29, 0.717) is 12.2 Å². The maximum Gasteiger partial charge on any atom is 0.333 e. The van der Waals surface area contributed by atoms with Gasteiger partial charge in [0.05, 0.1) is 10.6 Å². The van der Waals surface area contributed by atoms with E-state index < -0.39 is 4.92 Å². The normalized spacial score (nSPS) is 9.61. The number of urea groups is 1. The van der Waals surface area contributed by atoms with Crippen molar-refractivity contribution in [3.8, 4) is 0 Å². The van der Waals surface area contributed by atoms with Gasteiger partial charge in [0.15, 0.2) is 0 Å². The number of nitro groups is 1. The molecule has 0 aliphatic heterocycles. The lowest BCUT2D eigenvalue weighted by atomic mass is 10.3. The van der Waals surface area contributed by atoms with Crippen molar-refractivity contribution in [3.63, 3.8) is 0 Å². The fourth-order valence-corrected chi connectivity index (χ4v) is 1.22. The molecule has 1 aromatic rings. The van der Waals surface area contributed by atoms with Gasteiger partial charge in [0.25, 0.3) is 5.69 Å². The van der Waals surface area contributed by atoms with Crippen LogP contribution in [0.2, 0.25) is 0 Å². The van der Waals surface area contributed by atoms with Gasteiger partial charge in [-0.2, -0.15) is 0 Å². The molecule has 0 radical (unpaired) electrons. The lowest BCUT2D eigenvalue weighted by molar-refractivity contribution is -0.384. The number of nitrogens with one attached hydrogen (secondary N) is 3. The lowest BCUT2D eigenvalue weighted by Crippen LogP contribution is -2.39. The van der Waals surface area contributed by atoms with Crippen molar-refractivity contribution >= 4 is 17.4 Å². The highest BCUT2D eigenvalue weighted by Crippen LogP contribution is 2.14. The fraction of sp³-hybridized carbons (Fsp3) is 0.364. The van der Waals surface area contributed by atoms with E-state index in [1.54, 1.807) is 0 Å². The second kappa shape index (κ2) is 7.10. The van der Waals surface area contributed by atoms with E-state index in [2.05, 4.69) is 16.2 Å². The maximum absolute atomic E-state index is 11.3. The second-order valence-electron chi connectivity index (χ2n) is 3.66. The molecule has 0 saturated heterocycles. The molecule has 0 unspecified atom stereocenters. The van der Waals surface area contributed by atoms with Crippen LogP contribution in [0, 0.1) is 10.1 Å². The predicted molar refractivity (Wildman–Crippen MR) is 68.2 cm³/mol. The van der Waals surface area contributed by atoms with Crippen molar-refractivity contribution in [2.24, 2.45) is 0 Å². The molecule has 98 valence electrons. The number of amides is 2. The monoisotopic (exact) mass is 252 g/mol. The molecule has 1 rings (SSSR count). The molecule has 18 heavy (non-hydrogen) atoms. The zero-order valence-corrected chi connectivity index (χ0v) is 10.1. The summed E-state index contributed by atoms with van der Waals surface area (Å²) in [4.78, 5) is 21.2. The van der Waals surface area contributed by atoms with E-state index >= 15 is 0 Å². The largest absolute Gasteiger partial charge is 0.337 e. The highest BCUT2D eigenvalue weighted by Gasteiger charge is 2.04. The number of hydrogen-bond donors (Lipinski definition) is 3. The molecule has 2 amide bonds. The third kappa shape index (κ3) is 4.69. The summed E-state index contributed by atoms with van der Waals surface area (Å²) in [6.07, 6.45) is 1.93. The van der Waals surface area contributed by atoms with Gasteiger partial charge in [-0.1, -0.05) is 13.3 Å². The van der Waals surface area contributed by atoms with Crippen LogP contribution < -0.4 is 16.2 Å². The number of carbonyl (C=O) groups excluding carboxylic acids is 1. The van der Waals surface area contributed by atoms with Gasteiger partial charge in [0.2, 0.25) is 0 Å². The van der Waals surface area contributed by atoms with Gasteiger partial charge in [-0.05, 0) is 18.6 Å². The Balaban J connectivity index is 2.34. The molecule has 0 atom stereocenters. The summed E-state index contributed by atoms with van der Waals surface area (Å²) in [7, 11) is 0. The van der Waals surface area contributed by atoms with Crippen LogP contribution in [0.3, 0.4) is 0 Å². The van der Waals surface area contributed by atoms with Gasteiger partial charge >= 0.3 is 6.03 Å². The molecule has 7 heteroatoms. The Labute approximate surface area is 105 Å². The number of nitro benzene ring substituents is 1. The zero-order valence-electron chi connectivity index (χ0n) is 10.1. The first-order chi connectivity index (χ1) is 8.63. The molecule has 0 fully saturated rings. The van der Waals surface area contributed by atoms with E-state index in [1.165, 1.54) is 24.3 Å². The van der Waals surface area contributed by atoms with Crippen LogP contribution in [0.15, 0.2) is 24.3 Å². The number of hydrogen-bond acceptors (Lipinski definition) is 4. The van der Waals surface area contributed by atoms with Gasteiger partial charge in [-0.3, -0.25) is 21.0 Å². The highest BCUT2D eigenvalue weighted by atomic mass is 16.6. The second-order valence-corrected chi connectivity index (χ2v) is 3.66. The third-order valence-electron chi connectivity index (χ3n) is 2.21. The quantitative estimate of drug-likeness (QED) is 0.410. The molecule has 0 aromatic heterocycles. The topological polar surface area (TPSA) is 96.3 Å². The first kappa shape index (κ1) is 13.8. The number of benzene rings is 1. The van der Waals surface area contributed by atoms with E-state index in [4.69, 9.17) is 0 Å². The van der Waals surface area contributed by atoms with Gasteiger partial charge in [-0.15, -0.1) is 0 Å². The molecule has 3 N–H and O–H groups in total. The smallest absolute Gasteiger partial charge is 0.333 e. The standard InChI is InChI=1S/C11H16N4O3/c1-2-3-8-12-11(16)14-13-9-4-6-10(7-5-9)15(17)18/h4-7,13H,2-3,8H2,1H3,(H2,12,14,16). The van der Waals surface area contributed by atoms with Crippen LogP contribution in [-0.2, 0) is 0 Å². The summed E-state index contributed by atoms with van der Waals surface area (Å²) in [6, 6.07) is 5.43. The molecule has 1 aromatic carbocycles. The van der Waals surface area contributed by atoms with E-state index in [9.17, 15) is 14.9 Å². The summed E-state index contributed by atoms with van der Waals surface area (Å²) in [5, 5.41) is 13.1. The SMILES string of the molecule is CCCCNC(=O)NNc1ccc([N+](=O)[O-])cc1. The summed E-state index contributed by atoms with van der Waals surface area (Å²) in [5.74, 6) is 0. The van der Waals surface area contributed by atoms with E-state index in [-0.39, 0.29) is 11.7 Å². The molecule has 7 nitrogen and oxygen atoms in total. The van der Waals surface area contributed by atoms with Crippen molar-refractivity contribution in [2.75, 3.05) is 12.0 Å². The third-order valence-corrected chi connectivity index (χ3v) is 2.21. The molecule has 0 aliphatic carbocycles. The molecule has 0 heterocycles. The van der Waals surface area contributed by atoms with Gasteiger partial charge < -0.3 is 5.32 Å². The highest BCUT2D eigenvalue weighted by molar-refractivity contribution is 5.75. The number of rotatable bonds is 6. The Morgan fingerprint density at radius 3 is 2.56 bits per heavy atom. The van der Waals surface area contributed by atoms with Gasteiger partial charge in [-0.25, -0.2) is 4.79 Å². The summed E-state index contributed by atoms with van der Waals surface area (Å²) >= 11 is 0. The number of unbranched alkanes of at least 4 members (excludes halogenated alkanes) is 1. The number of carbonyl (C=O) groups is 1. The molecule has 0 bridgehead atoms. The molecule has 0 aliphatic rings. The van der Waals surface area contributed by atoms with Crippen molar-refractivity contribution in [2.45, 2.75) is 19.8 Å². The maximum atomic E-state index is 11.3. The first-order valence-electron chi connectivity index (χ1n) is 5.67. The Hall–Kier alpha value is -2.31.